The fraction of sp³-hybridized carbons (Fsp3) is 0.300. The number of ketones is 1. The molecule has 0 unspecified atom stereocenters. The number of hydrogen-bond acceptors (Lipinski definition) is 3. The summed E-state index contributed by atoms with van der Waals surface area (Å²) in [6.45, 7) is 0. The van der Waals surface area contributed by atoms with Gasteiger partial charge in [-0.25, -0.2) is 13.6 Å². The number of benzene rings is 1. The highest BCUT2D eigenvalue weighted by molar-refractivity contribution is 7.89. The van der Waals surface area contributed by atoms with E-state index in [1.54, 1.807) is 0 Å². The SMILES string of the molecule is NS(=O)(=O)c1cc(C(=O)C2CC2)ccc1Cl. The van der Waals surface area contributed by atoms with Crippen LogP contribution in [-0.4, -0.2) is 14.2 Å². The second-order valence-electron chi connectivity index (χ2n) is 3.83. The van der Waals surface area contributed by atoms with Crippen molar-refractivity contribution in [2.75, 3.05) is 0 Å². The normalized spacial score (nSPS) is 16.1. The van der Waals surface area contributed by atoms with Crippen molar-refractivity contribution in [1.82, 2.24) is 0 Å². The van der Waals surface area contributed by atoms with E-state index in [0.717, 1.165) is 12.8 Å². The average Bonchev–Trinajstić information content (AvgIpc) is 2.98. The minimum atomic E-state index is -3.88. The zero-order valence-electron chi connectivity index (χ0n) is 8.31. The molecule has 0 heterocycles. The Morgan fingerprint density at radius 2 is 2.00 bits per heavy atom. The lowest BCUT2D eigenvalue weighted by molar-refractivity contribution is 0.0967. The molecule has 0 bridgehead atoms. The van der Waals surface area contributed by atoms with E-state index < -0.39 is 10.0 Å². The van der Waals surface area contributed by atoms with E-state index in [9.17, 15) is 13.2 Å². The van der Waals surface area contributed by atoms with Gasteiger partial charge in [0.25, 0.3) is 0 Å². The molecule has 0 amide bonds. The summed E-state index contributed by atoms with van der Waals surface area (Å²) in [5, 5.41) is 5.03. The van der Waals surface area contributed by atoms with Gasteiger partial charge in [-0.2, -0.15) is 0 Å². The molecule has 1 saturated carbocycles. The molecule has 1 aliphatic carbocycles. The molecule has 6 heteroatoms. The molecule has 4 nitrogen and oxygen atoms in total. The van der Waals surface area contributed by atoms with Crippen LogP contribution in [0.2, 0.25) is 5.02 Å². The fourth-order valence-corrected chi connectivity index (χ4v) is 2.53. The summed E-state index contributed by atoms with van der Waals surface area (Å²) >= 11 is 5.71. The second kappa shape index (κ2) is 3.84. The van der Waals surface area contributed by atoms with E-state index in [0.29, 0.717) is 5.56 Å². The summed E-state index contributed by atoms with van der Waals surface area (Å²) in [6.07, 6.45) is 1.73. The fourth-order valence-electron chi connectivity index (χ4n) is 1.46. The van der Waals surface area contributed by atoms with Gasteiger partial charge in [-0.05, 0) is 31.0 Å². The maximum atomic E-state index is 11.7. The van der Waals surface area contributed by atoms with Gasteiger partial charge >= 0.3 is 0 Å². The number of rotatable bonds is 3. The first kappa shape index (κ1) is 11.6. The molecule has 1 fully saturated rings. The summed E-state index contributed by atoms with van der Waals surface area (Å²) in [4.78, 5) is 11.5. The van der Waals surface area contributed by atoms with E-state index in [2.05, 4.69) is 0 Å². The summed E-state index contributed by atoms with van der Waals surface area (Å²) in [5.41, 5.74) is 0.357. The van der Waals surface area contributed by atoms with Gasteiger partial charge in [-0.15, -0.1) is 0 Å². The highest BCUT2D eigenvalue weighted by Crippen LogP contribution is 2.33. The van der Waals surface area contributed by atoms with Crippen LogP contribution in [-0.2, 0) is 10.0 Å². The molecular formula is C10H10ClNO3S. The Balaban J connectivity index is 2.47. The van der Waals surface area contributed by atoms with Crippen molar-refractivity contribution in [2.24, 2.45) is 11.1 Å². The molecule has 0 saturated heterocycles. The van der Waals surface area contributed by atoms with E-state index in [4.69, 9.17) is 16.7 Å². The molecule has 0 aromatic heterocycles. The van der Waals surface area contributed by atoms with Crippen molar-refractivity contribution in [2.45, 2.75) is 17.7 Å². The number of sulfonamides is 1. The molecular weight excluding hydrogens is 250 g/mol. The van der Waals surface area contributed by atoms with Crippen LogP contribution in [0.3, 0.4) is 0 Å². The van der Waals surface area contributed by atoms with Gasteiger partial charge in [-0.3, -0.25) is 4.79 Å². The second-order valence-corrected chi connectivity index (χ2v) is 5.77. The molecule has 0 spiro atoms. The first-order chi connectivity index (χ1) is 7.39. The van der Waals surface area contributed by atoms with Crippen LogP contribution in [0.15, 0.2) is 23.1 Å². The third-order valence-electron chi connectivity index (χ3n) is 2.47. The highest BCUT2D eigenvalue weighted by Gasteiger charge is 2.31. The van der Waals surface area contributed by atoms with Gasteiger partial charge in [0.1, 0.15) is 4.90 Å². The van der Waals surface area contributed by atoms with Gasteiger partial charge in [0.05, 0.1) is 5.02 Å². The zero-order chi connectivity index (χ0) is 11.9. The standard InChI is InChI=1S/C10H10ClNO3S/c11-8-4-3-7(10(13)6-1-2-6)5-9(8)16(12,14)15/h3-6H,1-2H2,(H2,12,14,15). The monoisotopic (exact) mass is 259 g/mol. The summed E-state index contributed by atoms with van der Waals surface area (Å²) in [6, 6.07) is 4.16. The number of primary sulfonamides is 1. The van der Waals surface area contributed by atoms with Crippen LogP contribution in [0.5, 0.6) is 0 Å². The van der Waals surface area contributed by atoms with Crippen LogP contribution in [0, 0.1) is 5.92 Å². The summed E-state index contributed by atoms with van der Waals surface area (Å²) in [7, 11) is -3.88. The van der Waals surface area contributed by atoms with Gasteiger partial charge in [0, 0.05) is 11.5 Å². The third-order valence-corrected chi connectivity index (χ3v) is 3.86. The molecule has 0 atom stereocenters. The average molecular weight is 260 g/mol. The number of carbonyl (C=O) groups is 1. The number of hydrogen-bond donors (Lipinski definition) is 1. The molecule has 1 aliphatic rings. The van der Waals surface area contributed by atoms with E-state index >= 15 is 0 Å². The Hall–Kier alpha value is -0.910. The van der Waals surface area contributed by atoms with Crippen LogP contribution in [0.25, 0.3) is 0 Å². The van der Waals surface area contributed by atoms with E-state index in [1.807, 2.05) is 0 Å². The molecule has 1 aromatic carbocycles. The predicted molar refractivity (Wildman–Crippen MR) is 59.9 cm³/mol. The first-order valence-electron chi connectivity index (χ1n) is 4.76. The van der Waals surface area contributed by atoms with E-state index in [-0.39, 0.29) is 21.6 Å². The van der Waals surface area contributed by atoms with Crippen LogP contribution < -0.4 is 5.14 Å². The third kappa shape index (κ3) is 2.26. The largest absolute Gasteiger partial charge is 0.294 e. The van der Waals surface area contributed by atoms with Crippen molar-refractivity contribution in [3.8, 4) is 0 Å². The van der Waals surface area contributed by atoms with E-state index in [1.165, 1.54) is 18.2 Å². The molecule has 0 aliphatic heterocycles. The highest BCUT2D eigenvalue weighted by atomic mass is 35.5. The number of nitrogens with two attached hydrogens (primary N) is 1. The Labute approximate surface area is 98.5 Å². The van der Waals surface area contributed by atoms with Gasteiger partial charge < -0.3 is 0 Å². The van der Waals surface area contributed by atoms with Crippen LogP contribution in [0.4, 0.5) is 0 Å². The lowest BCUT2D eigenvalue weighted by atomic mass is 10.1. The Bertz CT molecular complexity index is 549. The maximum Gasteiger partial charge on any atom is 0.239 e. The molecule has 2 N–H and O–H groups in total. The first-order valence-corrected chi connectivity index (χ1v) is 6.68. The lowest BCUT2D eigenvalue weighted by Crippen LogP contribution is -2.14. The Kier molecular flexibility index (Phi) is 2.77. The van der Waals surface area contributed by atoms with Crippen molar-refractivity contribution in [1.29, 1.82) is 0 Å². The number of carbonyl (C=O) groups excluding carboxylic acids is 1. The molecule has 2 rings (SSSR count). The van der Waals surface area contributed by atoms with Gasteiger partial charge in [0.15, 0.2) is 5.78 Å². The summed E-state index contributed by atoms with van der Waals surface area (Å²) < 4.78 is 22.4. The number of halogens is 1. The Morgan fingerprint density at radius 1 is 1.38 bits per heavy atom. The quantitative estimate of drug-likeness (QED) is 0.837. The summed E-state index contributed by atoms with van der Waals surface area (Å²) in [5.74, 6) is -0.00364. The Morgan fingerprint density at radius 3 is 2.50 bits per heavy atom. The molecule has 86 valence electrons. The van der Waals surface area contributed by atoms with Crippen molar-refractivity contribution >= 4 is 27.4 Å². The minimum Gasteiger partial charge on any atom is -0.294 e. The maximum absolute atomic E-state index is 11.7. The topological polar surface area (TPSA) is 77.2 Å². The lowest BCUT2D eigenvalue weighted by Gasteiger charge is -2.04. The van der Waals surface area contributed by atoms with Gasteiger partial charge in [0.2, 0.25) is 10.0 Å². The van der Waals surface area contributed by atoms with Crippen LogP contribution in [0.1, 0.15) is 23.2 Å². The van der Waals surface area contributed by atoms with Gasteiger partial charge in [-0.1, -0.05) is 11.6 Å². The van der Waals surface area contributed by atoms with Crippen LogP contribution >= 0.6 is 11.6 Å². The predicted octanol–water partition coefficient (Wildman–Crippen LogP) is 1.58. The molecule has 1 aromatic rings. The van der Waals surface area contributed by atoms with Crippen molar-refractivity contribution in [3.63, 3.8) is 0 Å². The molecule has 16 heavy (non-hydrogen) atoms. The van der Waals surface area contributed by atoms with Crippen molar-refractivity contribution in [3.05, 3.63) is 28.8 Å². The number of Topliss-reactive ketones (excluding diaryl/α,β-unsaturated/α-hetero) is 1. The zero-order valence-corrected chi connectivity index (χ0v) is 9.88. The smallest absolute Gasteiger partial charge is 0.239 e. The molecule has 0 radical (unpaired) electrons. The minimum absolute atomic E-state index is 0.0366. The van der Waals surface area contributed by atoms with Crippen molar-refractivity contribution < 1.29 is 13.2 Å².